The molecule has 0 N–H and O–H groups in total. The van der Waals surface area contributed by atoms with Gasteiger partial charge in [-0.2, -0.15) is 0 Å². The molecule has 0 saturated heterocycles. The van der Waals surface area contributed by atoms with Crippen molar-refractivity contribution in [1.29, 1.82) is 0 Å². The first-order valence-electron chi connectivity index (χ1n) is 29.4. The van der Waals surface area contributed by atoms with Gasteiger partial charge < -0.3 is 14.0 Å². The van der Waals surface area contributed by atoms with Crippen LogP contribution >= 0.6 is 0 Å². The maximum Gasteiger partial charge on any atom is 0.305 e. The number of imidazole rings is 1. The maximum absolute atomic E-state index is 12.6. The number of carbonyl (C=O) groups excluding carboxylic acids is 2. The van der Waals surface area contributed by atoms with E-state index in [0.29, 0.717) is 43.8 Å². The molecule has 0 aliphatic carbocycles. The van der Waals surface area contributed by atoms with E-state index >= 15 is 0 Å². The van der Waals surface area contributed by atoms with Crippen molar-refractivity contribution in [3.05, 3.63) is 30.4 Å². The molecule has 0 radical (unpaired) electrons. The molecule has 386 valence electrons. The molecule has 1 rings (SSSR count). The van der Waals surface area contributed by atoms with E-state index in [0.717, 1.165) is 32.2 Å². The number of esters is 2. The van der Waals surface area contributed by atoms with E-state index in [1.54, 1.807) is 5.57 Å². The zero-order chi connectivity index (χ0) is 47.8. The van der Waals surface area contributed by atoms with Gasteiger partial charge in [-0.15, -0.1) is 0 Å². The highest BCUT2D eigenvalue weighted by atomic mass is 16.5. The number of unbranched alkanes of at least 4 members (excludes halogenated alkanes) is 24. The van der Waals surface area contributed by atoms with Crippen molar-refractivity contribution < 1.29 is 19.1 Å². The first kappa shape index (κ1) is 61.9. The molecule has 0 fully saturated rings. The number of aromatic nitrogens is 2. The van der Waals surface area contributed by atoms with E-state index in [9.17, 15) is 9.59 Å². The molecule has 6 heteroatoms. The molecule has 2 atom stereocenters. The lowest BCUT2D eigenvalue weighted by atomic mass is 9.89. The van der Waals surface area contributed by atoms with Crippen molar-refractivity contribution in [3.8, 4) is 0 Å². The highest BCUT2D eigenvalue weighted by Crippen LogP contribution is 2.27. The molecule has 0 saturated carbocycles. The van der Waals surface area contributed by atoms with Gasteiger partial charge in [0.15, 0.2) is 0 Å². The Labute approximate surface area is 411 Å². The predicted molar refractivity (Wildman–Crippen MR) is 285 cm³/mol. The van der Waals surface area contributed by atoms with Crippen LogP contribution in [0, 0.1) is 17.8 Å². The maximum atomic E-state index is 12.6. The summed E-state index contributed by atoms with van der Waals surface area (Å²) in [6.07, 6.45) is 60.0. The second kappa shape index (κ2) is 47.9. The topological polar surface area (TPSA) is 70.4 Å². The van der Waals surface area contributed by atoms with Gasteiger partial charge in [-0.1, -0.05) is 226 Å². The molecule has 66 heavy (non-hydrogen) atoms. The minimum absolute atomic E-state index is 0.0200. The third kappa shape index (κ3) is 39.8. The number of hydrogen-bond acceptors (Lipinski definition) is 5. The zero-order valence-corrected chi connectivity index (χ0v) is 44.9. The molecular weight excluding hydrogens is 813 g/mol. The van der Waals surface area contributed by atoms with E-state index in [-0.39, 0.29) is 11.9 Å². The van der Waals surface area contributed by atoms with Gasteiger partial charge in [-0.25, -0.2) is 4.98 Å². The Morgan fingerprint density at radius 1 is 0.439 bits per heavy atom. The summed E-state index contributed by atoms with van der Waals surface area (Å²) in [5, 5.41) is 0. The smallest absolute Gasteiger partial charge is 0.305 e. The lowest BCUT2D eigenvalue weighted by Gasteiger charge is -2.17. The van der Waals surface area contributed by atoms with Crippen molar-refractivity contribution in [2.45, 2.75) is 311 Å². The van der Waals surface area contributed by atoms with Crippen molar-refractivity contribution in [2.75, 3.05) is 13.2 Å². The second-order valence-corrected chi connectivity index (χ2v) is 20.8. The quantitative estimate of drug-likeness (QED) is 0.0370. The lowest BCUT2D eigenvalue weighted by Crippen LogP contribution is -2.14. The summed E-state index contributed by atoms with van der Waals surface area (Å²) in [5.74, 6) is 1.79. The molecule has 0 aromatic carbocycles. The first-order chi connectivity index (χ1) is 32.4. The van der Waals surface area contributed by atoms with Gasteiger partial charge in [0.05, 0.1) is 19.5 Å². The first-order valence-corrected chi connectivity index (χ1v) is 29.4. The van der Waals surface area contributed by atoms with Crippen LogP contribution in [0.2, 0.25) is 0 Å². The normalized spacial score (nSPS) is 13.3. The third-order valence-corrected chi connectivity index (χ3v) is 14.3. The van der Waals surface area contributed by atoms with Gasteiger partial charge in [0, 0.05) is 31.8 Å². The second-order valence-electron chi connectivity index (χ2n) is 20.8. The largest absolute Gasteiger partial charge is 0.465 e. The van der Waals surface area contributed by atoms with Gasteiger partial charge in [0.1, 0.15) is 0 Å². The summed E-state index contributed by atoms with van der Waals surface area (Å²) < 4.78 is 13.8. The molecule has 0 amide bonds. The number of rotatable bonds is 51. The van der Waals surface area contributed by atoms with Crippen LogP contribution in [0.3, 0.4) is 0 Å². The lowest BCUT2D eigenvalue weighted by molar-refractivity contribution is -0.146. The average Bonchev–Trinajstić information content (AvgIpc) is 3.85. The fraction of sp³-hybridized carbons (Fsp3) is 0.883. The molecule has 0 aliphatic heterocycles. The summed E-state index contributed by atoms with van der Waals surface area (Å²) in [6.45, 7) is 13.7. The van der Waals surface area contributed by atoms with Crippen molar-refractivity contribution in [2.24, 2.45) is 17.8 Å². The number of allylic oxidation sites excluding steroid dienone is 2. The molecule has 1 aromatic rings. The minimum Gasteiger partial charge on any atom is -0.465 e. The van der Waals surface area contributed by atoms with Crippen molar-refractivity contribution >= 4 is 11.9 Å². The van der Waals surface area contributed by atoms with Gasteiger partial charge in [0.25, 0.3) is 0 Å². The number of carbonyl (C=O) groups is 2. The molecule has 0 spiro atoms. The Balaban J connectivity index is 2.60. The van der Waals surface area contributed by atoms with Crippen LogP contribution in [0.1, 0.15) is 304 Å². The Kier molecular flexibility index (Phi) is 45.0. The fourth-order valence-corrected chi connectivity index (χ4v) is 9.81. The molecule has 1 aromatic heterocycles. The number of aryl methyl sites for hydroxylation is 1. The Morgan fingerprint density at radius 3 is 1.24 bits per heavy atom. The monoisotopic (exact) mass is 925 g/mol. The van der Waals surface area contributed by atoms with E-state index in [4.69, 9.17) is 9.47 Å². The zero-order valence-electron chi connectivity index (χ0n) is 44.9. The molecule has 0 bridgehead atoms. The number of nitrogens with zero attached hydrogens (tertiary/aromatic N) is 2. The van der Waals surface area contributed by atoms with Crippen LogP contribution in [-0.2, 0) is 25.6 Å². The molecule has 0 aliphatic rings. The summed E-state index contributed by atoms with van der Waals surface area (Å²) in [7, 11) is 0. The van der Waals surface area contributed by atoms with Crippen molar-refractivity contribution in [1.82, 2.24) is 9.55 Å². The average molecular weight is 926 g/mol. The number of hydrogen-bond donors (Lipinski definition) is 0. The fourth-order valence-electron chi connectivity index (χ4n) is 9.81. The van der Waals surface area contributed by atoms with Crippen LogP contribution in [-0.4, -0.2) is 34.7 Å². The van der Waals surface area contributed by atoms with E-state index in [1.165, 1.54) is 231 Å². The van der Waals surface area contributed by atoms with Crippen LogP contribution in [0.25, 0.3) is 0 Å². The highest BCUT2D eigenvalue weighted by molar-refractivity contribution is 5.69. The van der Waals surface area contributed by atoms with Gasteiger partial charge in [-0.05, 0) is 94.8 Å². The van der Waals surface area contributed by atoms with Gasteiger partial charge >= 0.3 is 11.9 Å². The van der Waals surface area contributed by atoms with Crippen LogP contribution in [0.4, 0.5) is 0 Å². The molecule has 1 heterocycles. The summed E-state index contributed by atoms with van der Waals surface area (Å²) in [4.78, 5) is 29.5. The predicted octanol–water partition coefficient (Wildman–Crippen LogP) is 19.2. The summed E-state index contributed by atoms with van der Waals surface area (Å²) in [6, 6.07) is 0. The Bertz CT molecular complexity index is 1140. The van der Waals surface area contributed by atoms with Crippen LogP contribution in [0.5, 0.6) is 0 Å². The SMILES string of the molecule is CCCCCCCCC/C(=C\C(CCCCCCCCC(=O)OCC(CCCC)CCCCCC)CCCCCCCCC(=O)OCC(CCCC)CCCCCC)CCCn1ccnc1. The Morgan fingerprint density at radius 2 is 0.803 bits per heavy atom. The molecular formula is C60H112N2O4. The standard InChI is InChI=1S/C60H112N2O4/c1-6-11-16-19-20-25-34-42-56(45-37-49-62-50-48-61-54-62)51-55(40-32-26-21-23-28-35-46-59(63)65-52-57(38-14-9-4)43-30-17-12-7-2)41-33-27-22-24-29-36-47-60(64)66-53-58(39-15-10-5)44-31-18-13-8-3/h48,50-51,54-55,57-58H,6-47,49,52-53H2,1-5H3/b56-51+. The Hall–Kier alpha value is -2.11. The van der Waals surface area contributed by atoms with Gasteiger partial charge in [0.2, 0.25) is 0 Å². The van der Waals surface area contributed by atoms with E-state index in [2.05, 4.69) is 56.4 Å². The van der Waals surface area contributed by atoms with Crippen LogP contribution < -0.4 is 0 Å². The van der Waals surface area contributed by atoms with Crippen molar-refractivity contribution in [3.63, 3.8) is 0 Å². The van der Waals surface area contributed by atoms with Gasteiger partial charge in [-0.3, -0.25) is 9.59 Å². The van der Waals surface area contributed by atoms with E-state index < -0.39 is 0 Å². The number of ether oxygens (including phenoxy) is 2. The third-order valence-electron chi connectivity index (χ3n) is 14.3. The summed E-state index contributed by atoms with van der Waals surface area (Å²) in [5.41, 5.74) is 1.70. The minimum atomic E-state index is 0.0200. The van der Waals surface area contributed by atoms with Crippen LogP contribution in [0.15, 0.2) is 30.4 Å². The summed E-state index contributed by atoms with van der Waals surface area (Å²) >= 11 is 0. The molecule has 6 nitrogen and oxygen atoms in total. The molecule has 2 unspecified atom stereocenters. The highest BCUT2D eigenvalue weighted by Gasteiger charge is 2.14. The van der Waals surface area contributed by atoms with E-state index in [1.807, 2.05) is 12.5 Å².